The number of methoxy groups -OCH3 is 2. The van der Waals surface area contributed by atoms with E-state index in [9.17, 15) is 4.79 Å². The van der Waals surface area contributed by atoms with Crippen molar-refractivity contribution in [2.75, 3.05) is 26.5 Å². The lowest BCUT2D eigenvalue weighted by atomic mass is 9.98. The van der Waals surface area contributed by atoms with Crippen molar-refractivity contribution in [1.82, 2.24) is 9.88 Å². The van der Waals surface area contributed by atoms with Crippen LogP contribution in [0.15, 0.2) is 36.5 Å². The highest BCUT2D eigenvalue weighted by atomic mass is 32.2. The molecule has 0 unspecified atom stereocenters. The summed E-state index contributed by atoms with van der Waals surface area (Å²) in [4.78, 5) is 18.8. The number of thioether (sulfide) groups is 1. The van der Waals surface area contributed by atoms with Gasteiger partial charge >= 0.3 is 0 Å². The van der Waals surface area contributed by atoms with Gasteiger partial charge in [-0.25, -0.2) is 0 Å². The molecule has 0 saturated carbocycles. The Morgan fingerprint density at radius 3 is 2.65 bits per heavy atom. The third-order valence-electron chi connectivity index (χ3n) is 4.51. The predicted octanol–water partition coefficient (Wildman–Crippen LogP) is 3.31. The molecule has 1 amide bonds. The zero-order valence-electron chi connectivity index (χ0n) is 15.2. The number of aromatic nitrogens is 1. The first-order valence-corrected chi connectivity index (χ1v) is 9.86. The third kappa shape index (κ3) is 4.49. The van der Waals surface area contributed by atoms with Crippen LogP contribution >= 0.6 is 11.8 Å². The van der Waals surface area contributed by atoms with E-state index in [2.05, 4.69) is 4.98 Å². The Kier molecular flexibility index (Phi) is 6.39. The number of nitrogens with zero attached hydrogens (tertiary/aromatic N) is 2. The maximum absolute atomic E-state index is 12.5. The number of benzene rings is 1. The van der Waals surface area contributed by atoms with Gasteiger partial charge < -0.3 is 14.4 Å². The molecule has 1 aromatic carbocycles. The van der Waals surface area contributed by atoms with Gasteiger partial charge in [0.25, 0.3) is 0 Å². The Morgan fingerprint density at radius 2 is 1.96 bits per heavy atom. The first-order chi connectivity index (χ1) is 12.7. The summed E-state index contributed by atoms with van der Waals surface area (Å²) in [6.45, 7) is 1.39. The molecule has 0 bridgehead atoms. The monoisotopic (exact) mass is 372 g/mol. The van der Waals surface area contributed by atoms with E-state index >= 15 is 0 Å². The molecule has 0 spiro atoms. The molecule has 0 N–H and O–H groups in total. The van der Waals surface area contributed by atoms with E-state index in [0.29, 0.717) is 18.7 Å². The quantitative estimate of drug-likeness (QED) is 0.698. The molecule has 1 aliphatic heterocycles. The van der Waals surface area contributed by atoms with Crippen LogP contribution in [0.1, 0.15) is 23.2 Å². The molecule has 1 aliphatic rings. The van der Waals surface area contributed by atoms with Crippen molar-refractivity contribution < 1.29 is 14.3 Å². The lowest BCUT2D eigenvalue weighted by Crippen LogP contribution is -2.36. The molecule has 2 heterocycles. The van der Waals surface area contributed by atoms with Crippen LogP contribution in [0, 0.1) is 0 Å². The maximum atomic E-state index is 12.5. The van der Waals surface area contributed by atoms with Gasteiger partial charge in [-0.1, -0.05) is 6.07 Å². The molecule has 0 fully saturated rings. The Labute approximate surface area is 158 Å². The smallest absolute Gasteiger partial charge is 0.223 e. The normalized spacial score (nSPS) is 13.2. The molecule has 5 nitrogen and oxygen atoms in total. The average molecular weight is 372 g/mol. The minimum Gasteiger partial charge on any atom is -0.493 e. The molecule has 2 aromatic rings. The number of hydrogen-bond acceptors (Lipinski definition) is 5. The van der Waals surface area contributed by atoms with E-state index in [1.54, 1.807) is 32.2 Å². The fourth-order valence-electron chi connectivity index (χ4n) is 3.07. The Hall–Kier alpha value is -2.21. The van der Waals surface area contributed by atoms with Crippen LogP contribution in [0.3, 0.4) is 0 Å². The summed E-state index contributed by atoms with van der Waals surface area (Å²) >= 11 is 1.75. The second kappa shape index (κ2) is 8.94. The number of hydrogen-bond donors (Lipinski definition) is 0. The van der Waals surface area contributed by atoms with Gasteiger partial charge in [0.15, 0.2) is 11.5 Å². The topological polar surface area (TPSA) is 51.7 Å². The number of amides is 1. The molecule has 26 heavy (non-hydrogen) atoms. The van der Waals surface area contributed by atoms with Crippen LogP contribution in [0.25, 0.3) is 0 Å². The van der Waals surface area contributed by atoms with Gasteiger partial charge in [-0.2, -0.15) is 11.8 Å². The summed E-state index contributed by atoms with van der Waals surface area (Å²) in [5, 5.41) is 0. The van der Waals surface area contributed by atoms with Gasteiger partial charge in [-0.15, -0.1) is 0 Å². The van der Waals surface area contributed by atoms with Crippen molar-refractivity contribution in [3.05, 3.63) is 53.3 Å². The van der Waals surface area contributed by atoms with Gasteiger partial charge in [-0.05, 0) is 41.8 Å². The lowest BCUT2D eigenvalue weighted by Gasteiger charge is -2.29. The minimum absolute atomic E-state index is 0.207. The van der Waals surface area contributed by atoms with Crippen LogP contribution in [0.5, 0.6) is 11.5 Å². The maximum Gasteiger partial charge on any atom is 0.223 e. The van der Waals surface area contributed by atoms with Crippen LogP contribution in [0.2, 0.25) is 0 Å². The SMILES string of the molecule is COc1cc2c(cc1OC)CN(C(=O)CCSCc1ccccn1)CC2. The van der Waals surface area contributed by atoms with Crippen molar-refractivity contribution in [1.29, 1.82) is 0 Å². The number of carbonyl (C=O) groups excluding carboxylic acids is 1. The zero-order chi connectivity index (χ0) is 18.4. The Bertz CT molecular complexity index is 752. The first-order valence-electron chi connectivity index (χ1n) is 8.70. The lowest BCUT2D eigenvalue weighted by molar-refractivity contribution is -0.131. The molecular formula is C20H24N2O3S. The molecule has 3 rings (SSSR count). The van der Waals surface area contributed by atoms with Gasteiger partial charge in [0.2, 0.25) is 5.91 Å². The average Bonchev–Trinajstić information content (AvgIpc) is 2.70. The van der Waals surface area contributed by atoms with Crippen molar-refractivity contribution >= 4 is 17.7 Å². The van der Waals surface area contributed by atoms with Gasteiger partial charge in [0, 0.05) is 37.2 Å². The standard InChI is InChI=1S/C20H24N2O3S/c1-24-18-11-15-6-9-22(13-16(15)12-19(18)25-2)20(23)7-10-26-14-17-5-3-4-8-21-17/h3-5,8,11-12H,6-7,9-10,13-14H2,1-2H3. The Morgan fingerprint density at radius 1 is 1.19 bits per heavy atom. The van der Waals surface area contributed by atoms with E-state index in [1.165, 1.54) is 5.56 Å². The predicted molar refractivity (Wildman–Crippen MR) is 104 cm³/mol. The minimum atomic E-state index is 0.207. The van der Waals surface area contributed by atoms with E-state index < -0.39 is 0 Å². The number of ether oxygens (including phenoxy) is 2. The van der Waals surface area contributed by atoms with E-state index in [-0.39, 0.29) is 5.91 Å². The third-order valence-corrected chi connectivity index (χ3v) is 5.50. The van der Waals surface area contributed by atoms with Crippen LogP contribution < -0.4 is 9.47 Å². The molecule has 6 heteroatoms. The van der Waals surface area contributed by atoms with Gasteiger partial charge in [0.1, 0.15) is 0 Å². The van der Waals surface area contributed by atoms with Gasteiger partial charge in [0.05, 0.1) is 19.9 Å². The molecule has 138 valence electrons. The summed E-state index contributed by atoms with van der Waals surface area (Å²) < 4.78 is 10.7. The van der Waals surface area contributed by atoms with Crippen LogP contribution in [-0.4, -0.2) is 42.3 Å². The number of carbonyl (C=O) groups is 1. The Balaban J connectivity index is 1.52. The summed E-state index contributed by atoms with van der Waals surface area (Å²) in [7, 11) is 3.28. The summed E-state index contributed by atoms with van der Waals surface area (Å²) in [6, 6.07) is 9.93. The van der Waals surface area contributed by atoms with Crippen molar-refractivity contribution in [3.63, 3.8) is 0 Å². The molecule has 0 radical (unpaired) electrons. The summed E-state index contributed by atoms with van der Waals surface area (Å²) in [6.07, 6.45) is 3.21. The van der Waals surface area contributed by atoms with Crippen molar-refractivity contribution in [3.8, 4) is 11.5 Å². The first kappa shape index (κ1) is 18.6. The second-order valence-electron chi connectivity index (χ2n) is 6.16. The second-order valence-corrected chi connectivity index (χ2v) is 7.27. The molecule has 1 aromatic heterocycles. The highest BCUT2D eigenvalue weighted by Crippen LogP contribution is 2.33. The number of fused-ring (bicyclic) bond motifs is 1. The summed E-state index contributed by atoms with van der Waals surface area (Å²) in [5.74, 6) is 3.32. The molecule has 0 aliphatic carbocycles. The molecular weight excluding hydrogens is 348 g/mol. The largest absolute Gasteiger partial charge is 0.493 e. The number of pyridine rings is 1. The van der Waals surface area contributed by atoms with Crippen LogP contribution in [-0.2, 0) is 23.5 Å². The number of rotatable bonds is 7. The van der Waals surface area contributed by atoms with E-state index in [1.807, 2.05) is 35.2 Å². The molecule has 0 saturated heterocycles. The fraction of sp³-hybridized carbons (Fsp3) is 0.400. The van der Waals surface area contributed by atoms with E-state index in [0.717, 1.165) is 41.5 Å². The van der Waals surface area contributed by atoms with Crippen molar-refractivity contribution in [2.24, 2.45) is 0 Å². The van der Waals surface area contributed by atoms with Crippen molar-refractivity contribution in [2.45, 2.75) is 25.1 Å². The van der Waals surface area contributed by atoms with Gasteiger partial charge in [-0.3, -0.25) is 9.78 Å². The zero-order valence-corrected chi connectivity index (χ0v) is 16.1. The highest BCUT2D eigenvalue weighted by Gasteiger charge is 2.22. The summed E-state index contributed by atoms with van der Waals surface area (Å²) in [5.41, 5.74) is 3.43. The van der Waals surface area contributed by atoms with E-state index in [4.69, 9.17) is 9.47 Å². The molecule has 0 atom stereocenters. The van der Waals surface area contributed by atoms with Crippen LogP contribution in [0.4, 0.5) is 0 Å². The fourth-order valence-corrected chi connectivity index (χ4v) is 3.92. The highest BCUT2D eigenvalue weighted by molar-refractivity contribution is 7.98.